The number of nitrogens with zero attached hydrogens (tertiary/aromatic N) is 1. The normalized spacial score (nSPS) is 14.4. The van der Waals surface area contributed by atoms with Crippen LogP contribution in [-0.4, -0.2) is 16.2 Å². The first-order valence-electron chi connectivity index (χ1n) is 7.18. The van der Waals surface area contributed by atoms with Gasteiger partial charge < -0.3 is 5.21 Å². The van der Waals surface area contributed by atoms with Crippen LogP contribution in [0.15, 0.2) is 36.4 Å². The lowest BCUT2D eigenvalue weighted by Gasteiger charge is -2.19. The van der Waals surface area contributed by atoms with Crippen molar-refractivity contribution < 1.29 is 18.3 Å². The summed E-state index contributed by atoms with van der Waals surface area (Å²) in [5.41, 5.74) is 0.858. The second kappa shape index (κ2) is 4.98. The van der Waals surface area contributed by atoms with Crippen LogP contribution in [0.5, 0.6) is 0 Å². The Morgan fingerprint density at radius 2 is 1.61 bits per heavy atom. The van der Waals surface area contributed by atoms with Crippen molar-refractivity contribution in [3.63, 3.8) is 0 Å². The maximum Gasteiger partial charge on any atom is 0.273 e. The molecule has 0 aromatic heterocycles. The highest BCUT2D eigenvalue weighted by molar-refractivity contribution is 6.52. The van der Waals surface area contributed by atoms with Gasteiger partial charge in [0.1, 0.15) is 17.2 Å². The van der Waals surface area contributed by atoms with Crippen molar-refractivity contribution in [3.05, 3.63) is 69.9 Å². The Morgan fingerprint density at radius 3 is 2.17 bits per heavy atom. The summed E-state index contributed by atoms with van der Waals surface area (Å²) in [7, 11) is 0. The van der Waals surface area contributed by atoms with Gasteiger partial charge in [0.05, 0.1) is 5.56 Å². The number of halogens is 2. The highest BCUT2D eigenvalue weighted by Crippen LogP contribution is 2.33. The molecule has 3 rings (SSSR count). The third-order valence-electron chi connectivity index (χ3n) is 3.88. The summed E-state index contributed by atoms with van der Waals surface area (Å²) < 4.78 is 27.2. The van der Waals surface area contributed by atoms with Crippen LogP contribution in [-0.2, 0) is 5.41 Å². The minimum atomic E-state index is -0.833. The van der Waals surface area contributed by atoms with E-state index in [0.29, 0.717) is 10.8 Å². The highest BCUT2D eigenvalue weighted by Gasteiger charge is 2.37. The van der Waals surface area contributed by atoms with Crippen molar-refractivity contribution >= 4 is 17.2 Å². The Morgan fingerprint density at radius 1 is 1.00 bits per heavy atom. The lowest BCUT2D eigenvalue weighted by Crippen LogP contribution is -2.17. The molecule has 3 nitrogen and oxygen atoms in total. The van der Waals surface area contributed by atoms with Crippen LogP contribution in [0.3, 0.4) is 0 Å². The van der Waals surface area contributed by atoms with Crippen LogP contribution in [0.25, 0.3) is 0 Å². The van der Waals surface area contributed by atoms with Crippen LogP contribution in [0.2, 0.25) is 0 Å². The minimum absolute atomic E-state index is 0.0593. The molecule has 0 unspecified atom stereocenters. The summed E-state index contributed by atoms with van der Waals surface area (Å²) in [5, 5.41) is 12.4. The molecule has 1 heterocycles. The Kier molecular flexibility index (Phi) is 3.32. The van der Waals surface area contributed by atoms with E-state index in [1.165, 1.54) is 0 Å². The van der Waals surface area contributed by atoms with Gasteiger partial charge in [0.25, 0.3) is 11.5 Å². The second-order valence-corrected chi connectivity index (χ2v) is 6.61. The van der Waals surface area contributed by atoms with Crippen molar-refractivity contribution in [1.29, 1.82) is 0 Å². The van der Waals surface area contributed by atoms with Gasteiger partial charge in [-0.05, 0) is 29.2 Å². The van der Waals surface area contributed by atoms with Crippen LogP contribution in [0, 0.1) is 16.8 Å². The lowest BCUT2D eigenvalue weighted by molar-refractivity contribution is -0.355. The highest BCUT2D eigenvalue weighted by atomic mass is 19.1. The molecule has 0 aliphatic carbocycles. The van der Waals surface area contributed by atoms with E-state index in [9.17, 15) is 18.8 Å². The maximum atomic E-state index is 13.4. The van der Waals surface area contributed by atoms with Gasteiger partial charge in [0.15, 0.2) is 0 Å². The largest absolute Gasteiger partial charge is 0.618 e. The molecule has 118 valence electrons. The summed E-state index contributed by atoms with van der Waals surface area (Å²) in [5.74, 6) is -2.19. The predicted molar refractivity (Wildman–Crippen MR) is 83.2 cm³/mol. The first-order valence-corrected chi connectivity index (χ1v) is 7.18. The molecule has 0 radical (unpaired) electrons. The summed E-state index contributed by atoms with van der Waals surface area (Å²) >= 11 is 0. The number of ketones is 1. The number of carbonyl (C=O) groups is 1. The van der Waals surface area contributed by atoms with Gasteiger partial charge >= 0.3 is 0 Å². The fourth-order valence-corrected chi connectivity index (χ4v) is 2.64. The molecule has 0 amide bonds. The Bertz CT molecular complexity index is 844. The molecule has 0 spiro atoms. The summed E-state index contributed by atoms with van der Waals surface area (Å²) in [6.45, 7) is 5.99. The summed E-state index contributed by atoms with van der Waals surface area (Å²) in [6, 6.07) is 7.69. The smallest absolute Gasteiger partial charge is 0.273 e. The van der Waals surface area contributed by atoms with Crippen molar-refractivity contribution in [2.24, 2.45) is 0 Å². The molecule has 0 atom stereocenters. The maximum absolute atomic E-state index is 13.4. The quantitative estimate of drug-likeness (QED) is 0.587. The van der Waals surface area contributed by atoms with Gasteiger partial charge in [-0.2, -0.15) is 4.74 Å². The number of Topliss-reactive ketones (excluding diaryl/α,β-unsaturated/α-hetero) is 1. The molecule has 2 aromatic carbocycles. The van der Waals surface area contributed by atoms with Gasteiger partial charge in [-0.25, -0.2) is 8.78 Å². The number of fused-ring (bicyclic) bond motifs is 1. The van der Waals surface area contributed by atoms with E-state index in [4.69, 9.17) is 0 Å². The van der Waals surface area contributed by atoms with Crippen molar-refractivity contribution in [3.8, 4) is 0 Å². The minimum Gasteiger partial charge on any atom is -0.618 e. The van der Waals surface area contributed by atoms with Crippen LogP contribution in [0.1, 0.15) is 42.3 Å². The zero-order valence-electron chi connectivity index (χ0n) is 13.0. The molecule has 1 aliphatic rings. The van der Waals surface area contributed by atoms with Crippen molar-refractivity contribution in [1.82, 2.24) is 0 Å². The average Bonchev–Trinajstić information content (AvgIpc) is 2.68. The molecular formula is C18H15F2NO2. The molecule has 0 N–H and O–H groups in total. The van der Waals surface area contributed by atoms with Gasteiger partial charge in [0.2, 0.25) is 5.69 Å². The zero-order chi connectivity index (χ0) is 16.9. The number of rotatable bonds is 1. The molecular weight excluding hydrogens is 300 g/mol. The van der Waals surface area contributed by atoms with E-state index in [1.54, 1.807) is 18.2 Å². The summed E-state index contributed by atoms with van der Waals surface area (Å²) in [4.78, 5) is 12.6. The number of hydrogen-bond acceptors (Lipinski definition) is 2. The van der Waals surface area contributed by atoms with Crippen LogP contribution < -0.4 is 0 Å². The van der Waals surface area contributed by atoms with Crippen LogP contribution >= 0.6 is 0 Å². The van der Waals surface area contributed by atoms with E-state index in [-0.39, 0.29) is 27.9 Å². The molecule has 23 heavy (non-hydrogen) atoms. The number of benzene rings is 2. The fraction of sp³-hybridized carbons (Fsp3) is 0.222. The molecule has 0 saturated carbocycles. The van der Waals surface area contributed by atoms with E-state index in [1.807, 2.05) is 20.8 Å². The third kappa shape index (κ3) is 2.52. The van der Waals surface area contributed by atoms with Crippen molar-refractivity contribution in [2.45, 2.75) is 26.2 Å². The van der Waals surface area contributed by atoms with Gasteiger partial charge in [0, 0.05) is 12.1 Å². The SMILES string of the molecule is CC(C)(C)c1ccc2c(c1)C(=O)C(c1cc(F)cc(F)c1)=[N+]2[O-]. The van der Waals surface area contributed by atoms with Gasteiger partial charge in [-0.3, -0.25) is 4.79 Å². The molecule has 2 aromatic rings. The Balaban J connectivity index is 2.15. The standard InChI is InChI=1S/C18H15F2NO2/c1-18(2,3)11-4-5-15-14(8-11)17(22)16(21(15)23)10-6-12(19)9-13(20)7-10/h4-9H,1-3H3. The monoisotopic (exact) mass is 315 g/mol. The van der Waals surface area contributed by atoms with Crippen molar-refractivity contribution in [2.75, 3.05) is 0 Å². The third-order valence-corrected chi connectivity index (χ3v) is 3.88. The van der Waals surface area contributed by atoms with E-state index in [2.05, 4.69) is 0 Å². The van der Waals surface area contributed by atoms with Gasteiger partial charge in [-0.15, -0.1) is 0 Å². The predicted octanol–water partition coefficient (Wildman–Crippen LogP) is 4.09. The first-order chi connectivity index (χ1) is 10.7. The Labute approximate surface area is 132 Å². The summed E-state index contributed by atoms with van der Waals surface area (Å²) in [6.07, 6.45) is 0. The average molecular weight is 315 g/mol. The van der Waals surface area contributed by atoms with E-state index >= 15 is 0 Å². The first kappa shape index (κ1) is 15.3. The second-order valence-electron chi connectivity index (χ2n) is 6.61. The zero-order valence-corrected chi connectivity index (χ0v) is 13.0. The molecule has 5 heteroatoms. The topological polar surface area (TPSA) is 43.1 Å². The van der Waals surface area contributed by atoms with E-state index in [0.717, 1.165) is 17.7 Å². The molecule has 0 fully saturated rings. The van der Waals surface area contributed by atoms with Crippen LogP contribution in [0.4, 0.5) is 14.5 Å². The fourth-order valence-electron chi connectivity index (χ4n) is 2.64. The molecule has 0 saturated heterocycles. The van der Waals surface area contributed by atoms with Gasteiger partial charge in [-0.1, -0.05) is 26.8 Å². The lowest BCUT2D eigenvalue weighted by atomic mass is 9.85. The number of hydrogen-bond donors (Lipinski definition) is 0. The Hall–Kier alpha value is -2.56. The molecule has 0 bridgehead atoms. The molecule has 1 aliphatic heterocycles. The number of carbonyl (C=O) groups excluding carboxylic acids is 1. The van der Waals surface area contributed by atoms with E-state index < -0.39 is 17.4 Å².